The number of hydrogen-bond donors (Lipinski definition) is 1. The molecule has 0 aromatic rings. The molecule has 0 amide bonds. The number of hydrogen-bond acceptors (Lipinski definition) is 1. The molecule has 0 aromatic carbocycles. The van der Waals surface area contributed by atoms with E-state index in [-0.39, 0.29) is 0 Å². The molecule has 1 N–H and O–H groups in total. The third-order valence-corrected chi connectivity index (χ3v) is 4.87. The second kappa shape index (κ2) is 6.05. The van der Waals surface area contributed by atoms with Crippen LogP contribution < -0.4 is 5.32 Å². The Kier molecular flexibility index (Phi) is 4.69. The molecular weight excluding hydrogens is 194 g/mol. The number of unbranched alkanes of at least 4 members (excludes halogenated alkanes) is 1. The van der Waals surface area contributed by atoms with E-state index < -0.39 is 0 Å². The van der Waals surface area contributed by atoms with Crippen LogP contribution in [0, 0.1) is 17.8 Å². The molecule has 4 atom stereocenters. The van der Waals surface area contributed by atoms with Crippen molar-refractivity contribution in [1.82, 2.24) is 5.32 Å². The Morgan fingerprint density at radius 3 is 2.62 bits per heavy atom. The number of nitrogens with one attached hydrogen (secondary N) is 1. The molecule has 16 heavy (non-hydrogen) atoms. The van der Waals surface area contributed by atoms with Gasteiger partial charge in [0.25, 0.3) is 0 Å². The van der Waals surface area contributed by atoms with E-state index in [2.05, 4.69) is 19.2 Å². The van der Waals surface area contributed by atoms with Crippen molar-refractivity contribution in [2.45, 2.75) is 71.3 Å². The van der Waals surface area contributed by atoms with Crippen molar-refractivity contribution in [2.75, 3.05) is 6.54 Å². The van der Waals surface area contributed by atoms with E-state index in [4.69, 9.17) is 0 Å². The highest BCUT2D eigenvalue weighted by atomic mass is 14.9. The summed E-state index contributed by atoms with van der Waals surface area (Å²) in [7, 11) is 0. The first-order valence-electron chi connectivity index (χ1n) is 7.56. The summed E-state index contributed by atoms with van der Waals surface area (Å²) in [6.07, 6.45) is 11.8. The van der Waals surface area contributed by atoms with Gasteiger partial charge < -0.3 is 5.32 Å². The van der Waals surface area contributed by atoms with E-state index in [0.29, 0.717) is 0 Å². The largest absolute Gasteiger partial charge is 0.314 e. The number of fused-ring (bicyclic) bond motifs is 2. The monoisotopic (exact) mass is 223 g/mol. The zero-order valence-electron chi connectivity index (χ0n) is 11.2. The van der Waals surface area contributed by atoms with Crippen LogP contribution in [0.1, 0.15) is 65.2 Å². The predicted molar refractivity (Wildman–Crippen MR) is 70.5 cm³/mol. The summed E-state index contributed by atoms with van der Waals surface area (Å²) < 4.78 is 0. The van der Waals surface area contributed by atoms with Gasteiger partial charge in [0.2, 0.25) is 0 Å². The summed E-state index contributed by atoms with van der Waals surface area (Å²) >= 11 is 0. The van der Waals surface area contributed by atoms with Crippen molar-refractivity contribution in [3.63, 3.8) is 0 Å². The van der Waals surface area contributed by atoms with E-state index in [1.165, 1.54) is 25.7 Å². The molecule has 2 fully saturated rings. The van der Waals surface area contributed by atoms with Crippen LogP contribution in [-0.4, -0.2) is 12.6 Å². The molecule has 0 spiro atoms. The summed E-state index contributed by atoms with van der Waals surface area (Å²) in [6, 6.07) is 0.814. The molecule has 2 bridgehead atoms. The minimum atomic E-state index is 0.814. The molecular formula is C15H29N. The SMILES string of the molecule is CCCCC(CC1CC2CCC1C2)NCC. The standard InChI is InChI=1S/C15H29N/c1-3-5-6-15(16-4-2)11-14-10-12-7-8-13(14)9-12/h12-16H,3-11H2,1-2H3. The van der Waals surface area contributed by atoms with Crippen LogP contribution in [-0.2, 0) is 0 Å². The first-order valence-corrected chi connectivity index (χ1v) is 7.56. The Labute approximate surface area is 101 Å². The van der Waals surface area contributed by atoms with E-state index in [1.807, 2.05) is 0 Å². The minimum absolute atomic E-state index is 0.814. The van der Waals surface area contributed by atoms with Crippen LogP contribution in [0.3, 0.4) is 0 Å². The molecule has 2 saturated carbocycles. The quantitative estimate of drug-likeness (QED) is 0.688. The van der Waals surface area contributed by atoms with Gasteiger partial charge in [0.15, 0.2) is 0 Å². The van der Waals surface area contributed by atoms with Gasteiger partial charge in [0, 0.05) is 6.04 Å². The Bertz CT molecular complexity index is 202. The second-order valence-corrected chi connectivity index (χ2v) is 6.07. The molecule has 2 aliphatic rings. The lowest BCUT2D eigenvalue weighted by Crippen LogP contribution is -2.32. The molecule has 0 aliphatic heterocycles. The van der Waals surface area contributed by atoms with Crippen molar-refractivity contribution >= 4 is 0 Å². The summed E-state index contributed by atoms with van der Waals surface area (Å²) in [4.78, 5) is 0. The van der Waals surface area contributed by atoms with Gasteiger partial charge in [-0.1, -0.05) is 33.1 Å². The highest BCUT2D eigenvalue weighted by molar-refractivity contribution is 4.91. The Balaban J connectivity index is 1.76. The zero-order valence-corrected chi connectivity index (χ0v) is 11.2. The van der Waals surface area contributed by atoms with Crippen molar-refractivity contribution in [3.05, 3.63) is 0 Å². The van der Waals surface area contributed by atoms with Crippen molar-refractivity contribution in [3.8, 4) is 0 Å². The van der Waals surface area contributed by atoms with Crippen LogP contribution in [0.2, 0.25) is 0 Å². The van der Waals surface area contributed by atoms with E-state index in [1.54, 1.807) is 25.7 Å². The maximum atomic E-state index is 3.70. The van der Waals surface area contributed by atoms with E-state index in [0.717, 1.165) is 30.3 Å². The Morgan fingerprint density at radius 1 is 1.19 bits per heavy atom. The topological polar surface area (TPSA) is 12.0 Å². The average Bonchev–Trinajstić information content (AvgIpc) is 2.88. The van der Waals surface area contributed by atoms with Crippen molar-refractivity contribution < 1.29 is 0 Å². The average molecular weight is 223 g/mol. The molecule has 0 radical (unpaired) electrons. The summed E-state index contributed by atoms with van der Waals surface area (Å²) in [5.41, 5.74) is 0. The van der Waals surface area contributed by atoms with Gasteiger partial charge >= 0.3 is 0 Å². The lowest BCUT2D eigenvalue weighted by Gasteiger charge is -2.27. The fraction of sp³-hybridized carbons (Fsp3) is 1.00. The highest BCUT2D eigenvalue weighted by Crippen LogP contribution is 2.50. The maximum Gasteiger partial charge on any atom is 0.00696 e. The third-order valence-electron chi connectivity index (χ3n) is 4.87. The normalized spacial score (nSPS) is 34.5. The van der Waals surface area contributed by atoms with Crippen molar-refractivity contribution in [1.29, 1.82) is 0 Å². The smallest absolute Gasteiger partial charge is 0.00696 e. The molecule has 0 saturated heterocycles. The second-order valence-electron chi connectivity index (χ2n) is 6.07. The van der Waals surface area contributed by atoms with Crippen molar-refractivity contribution in [2.24, 2.45) is 17.8 Å². The fourth-order valence-corrected chi connectivity index (χ4v) is 4.07. The molecule has 0 heterocycles. The predicted octanol–water partition coefficient (Wildman–Crippen LogP) is 3.98. The first kappa shape index (κ1) is 12.4. The van der Waals surface area contributed by atoms with Crippen LogP contribution in [0.5, 0.6) is 0 Å². The zero-order chi connectivity index (χ0) is 11.4. The van der Waals surface area contributed by atoms with Gasteiger partial charge in [-0.05, 0) is 56.4 Å². The van der Waals surface area contributed by atoms with Gasteiger partial charge in [-0.15, -0.1) is 0 Å². The molecule has 0 aromatic heterocycles. The minimum Gasteiger partial charge on any atom is -0.314 e. The molecule has 2 rings (SSSR count). The van der Waals surface area contributed by atoms with E-state index >= 15 is 0 Å². The van der Waals surface area contributed by atoms with Crippen LogP contribution >= 0.6 is 0 Å². The molecule has 94 valence electrons. The van der Waals surface area contributed by atoms with Gasteiger partial charge in [0.05, 0.1) is 0 Å². The van der Waals surface area contributed by atoms with Gasteiger partial charge in [-0.25, -0.2) is 0 Å². The van der Waals surface area contributed by atoms with Crippen LogP contribution in [0.4, 0.5) is 0 Å². The first-order chi connectivity index (χ1) is 7.83. The fourth-order valence-electron chi connectivity index (χ4n) is 4.07. The highest BCUT2D eigenvalue weighted by Gasteiger charge is 2.39. The summed E-state index contributed by atoms with van der Waals surface area (Å²) in [6.45, 7) is 5.70. The van der Waals surface area contributed by atoms with Crippen LogP contribution in [0.15, 0.2) is 0 Å². The Morgan fingerprint density at radius 2 is 2.06 bits per heavy atom. The molecule has 4 unspecified atom stereocenters. The summed E-state index contributed by atoms with van der Waals surface area (Å²) in [5.74, 6) is 3.29. The molecule has 2 aliphatic carbocycles. The summed E-state index contributed by atoms with van der Waals surface area (Å²) in [5, 5.41) is 3.70. The molecule has 1 nitrogen and oxygen atoms in total. The van der Waals surface area contributed by atoms with Crippen LogP contribution in [0.25, 0.3) is 0 Å². The van der Waals surface area contributed by atoms with Gasteiger partial charge in [-0.2, -0.15) is 0 Å². The third kappa shape index (κ3) is 3.00. The number of rotatable bonds is 7. The lowest BCUT2D eigenvalue weighted by atomic mass is 9.83. The van der Waals surface area contributed by atoms with Gasteiger partial charge in [0.1, 0.15) is 0 Å². The Hall–Kier alpha value is -0.0400. The van der Waals surface area contributed by atoms with Gasteiger partial charge in [-0.3, -0.25) is 0 Å². The lowest BCUT2D eigenvalue weighted by molar-refractivity contribution is 0.271. The molecule has 1 heteroatoms. The maximum absolute atomic E-state index is 3.70. The van der Waals surface area contributed by atoms with E-state index in [9.17, 15) is 0 Å².